The van der Waals surface area contributed by atoms with Gasteiger partial charge in [0.2, 0.25) is 0 Å². The summed E-state index contributed by atoms with van der Waals surface area (Å²) in [7, 11) is 0. The normalized spacial score (nSPS) is 21.5. The van der Waals surface area contributed by atoms with Crippen LogP contribution >= 0.6 is 12.2 Å². The van der Waals surface area contributed by atoms with Crippen LogP contribution in [0.2, 0.25) is 0 Å². The van der Waals surface area contributed by atoms with Gasteiger partial charge in [-0.2, -0.15) is 0 Å². The maximum absolute atomic E-state index is 12.1. The predicted octanol–water partition coefficient (Wildman–Crippen LogP) is 2.38. The number of benzene rings is 1. The van der Waals surface area contributed by atoms with E-state index in [2.05, 4.69) is 40.5 Å². The first-order valence-corrected chi connectivity index (χ1v) is 9.38. The van der Waals surface area contributed by atoms with E-state index in [4.69, 9.17) is 12.2 Å². The number of nitrogens with one attached hydrogen (secondary N) is 1. The largest absolute Gasteiger partial charge is 0.362 e. The molecular weight excluding hydrogens is 330 g/mol. The number of thiocarbonyl (C=S) groups is 1. The van der Waals surface area contributed by atoms with Gasteiger partial charge in [0.1, 0.15) is 0 Å². The first-order chi connectivity index (χ1) is 12.2. The second-order valence-electron chi connectivity index (χ2n) is 7.07. The number of hydrogen-bond donors (Lipinski definition) is 1. The molecule has 3 heterocycles. The molecule has 130 valence electrons. The molecule has 0 spiro atoms. The lowest BCUT2D eigenvalue weighted by Crippen LogP contribution is -2.52. The van der Waals surface area contributed by atoms with E-state index < -0.39 is 0 Å². The Morgan fingerprint density at radius 1 is 1.08 bits per heavy atom. The highest BCUT2D eigenvalue weighted by Crippen LogP contribution is 2.34. The topological polar surface area (TPSA) is 37.3 Å². The second kappa shape index (κ2) is 7.00. The zero-order chi connectivity index (χ0) is 17.2. The van der Waals surface area contributed by atoms with E-state index in [1.165, 1.54) is 11.3 Å². The Hall–Kier alpha value is -2.14. The summed E-state index contributed by atoms with van der Waals surface area (Å²) < 4.78 is 1.96. The number of nitrogens with zero attached hydrogens (tertiary/aromatic N) is 2. The molecule has 1 fully saturated rings. The first-order valence-electron chi connectivity index (χ1n) is 8.97. The third kappa shape index (κ3) is 3.47. The average Bonchev–Trinajstić information content (AvgIpc) is 2.63. The molecule has 1 saturated heterocycles. The van der Waals surface area contributed by atoms with Crippen molar-refractivity contribution < 1.29 is 0 Å². The third-order valence-electron chi connectivity index (χ3n) is 5.30. The predicted molar refractivity (Wildman–Crippen MR) is 104 cm³/mol. The van der Waals surface area contributed by atoms with Crippen LogP contribution in [0, 0.1) is 5.92 Å². The van der Waals surface area contributed by atoms with Crippen LogP contribution in [-0.2, 0) is 13.0 Å². The molecule has 1 aromatic heterocycles. The number of aromatic nitrogens is 1. The minimum Gasteiger partial charge on any atom is -0.362 e. The number of hydrogen-bond acceptors (Lipinski definition) is 2. The van der Waals surface area contributed by atoms with Gasteiger partial charge in [0, 0.05) is 43.9 Å². The fourth-order valence-electron chi connectivity index (χ4n) is 4.13. The second-order valence-corrected chi connectivity index (χ2v) is 7.46. The van der Waals surface area contributed by atoms with E-state index in [1.807, 2.05) is 16.7 Å². The van der Waals surface area contributed by atoms with Crippen molar-refractivity contribution in [3.8, 4) is 0 Å². The smallest absolute Gasteiger partial charge is 0.250 e. The summed E-state index contributed by atoms with van der Waals surface area (Å²) in [6, 6.07) is 16.1. The van der Waals surface area contributed by atoms with E-state index >= 15 is 0 Å². The Labute approximate surface area is 153 Å². The summed E-state index contributed by atoms with van der Waals surface area (Å²) in [5.74, 6) is 0.899. The Morgan fingerprint density at radius 3 is 2.76 bits per heavy atom. The summed E-state index contributed by atoms with van der Waals surface area (Å²) in [4.78, 5) is 14.4. The molecule has 2 aliphatic heterocycles. The van der Waals surface area contributed by atoms with E-state index in [0.717, 1.165) is 44.1 Å². The van der Waals surface area contributed by atoms with Crippen LogP contribution in [-0.4, -0.2) is 34.2 Å². The van der Waals surface area contributed by atoms with Crippen molar-refractivity contribution in [1.82, 2.24) is 14.8 Å². The molecule has 2 bridgehead atoms. The monoisotopic (exact) mass is 353 g/mol. The van der Waals surface area contributed by atoms with E-state index in [0.29, 0.717) is 11.8 Å². The van der Waals surface area contributed by atoms with Crippen LogP contribution in [0.3, 0.4) is 0 Å². The van der Waals surface area contributed by atoms with Gasteiger partial charge in [-0.3, -0.25) is 4.79 Å². The van der Waals surface area contributed by atoms with Gasteiger partial charge >= 0.3 is 0 Å². The fraction of sp³-hybridized carbons (Fsp3) is 0.400. The Bertz CT molecular complexity index is 817. The van der Waals surface area contributed by atoms with Crippen molar-refractivity contribution in [3.63, 3.8) is 0 Å². The van der Waals surface area contributed by atoms with Gasteiger partial charge in [-0.1, -0.05) is 36.4 Å². The van der Waals surface area contributed by atoms with E-state index in [-0.39, 0.29) is 5.56 Å². The lowest BCUT2D eigenvalue weighted by molar-refractivity contribution is 0.177. The molecule has 0 unspecified atom stereocenters. The van der Waals surface area contributed by atoms with Crippen LogP contribution in [0.25, 0.3) is 0 Å². The lowest BCUT2D eigenvalue weighted by atomic mass is 9.83. The minimum atomic E-state index is 0.129. The average molecular weight is 353 g/mol. The van der Waals surface area contributed by atoms with Crippen LogP contribution in [0.15, 0.2) is 53.3 Å². The first kappa shape index (κ1) is 16.3. The SMILES string of the molecule is O=c1cccc2n1C[C@H]1C[C@H]2CN(C(=S)NCCc2ccccc2)C1. The van der Waals surface area contributed by atoms with Crippen molar-refractivity contribution in [2.75, 3.05) is 19.6 Å². The van der Waals surface area contributed by atoms with Crippen molar-refractivity contribution in [3.05, 3.63) is 70.1 Å². The Kier molecular flexibility index (Phi) is 4.57. The molecule has 0 radical (unpaired) electrons. The molecule has 4 nitrogen and oxygen atoms in total. The summed E-state index contributed by atoms with van der Waals surface area (Å²) in [6.07, 6.45) is 2.13. The highest BCUT2D eigenvalue weighted by Gasteiger charge is 2.35. The molecule has 5 heteroatoms. The van der Waals surface area contributed by atoms with Gasteiger partial charge in [-0.25, -0.2) is 0 Å². The van der Waals surface area contributed by atoms with Gasteiger partial charge in [0.15, 0.2) is 5.11 Å². The zero-order valence-electron chi connectivity index (χ0n) is 14.2. The Balaban J connectivity index is 1.38. The molecule has 0 aliphatic carbocycles. The Morgan fingerprint density at radius 2 is 1.92 bits per heavy atom. The molecule has 0 saturated carbocycles. The molecule has 1 aromatic carbocycles. The van der Waals surface area contributed by atoms with E-state index in [9.17, 15) is 4.79 Å². The summed E-state index contributed by atoms with van der Waals surface area (Å²) in [5, 5.41) is 4.26. The summed E-state index contributed by atoms with van der Waals surface area (Å²) in [5.41, 5.74) is 2.62. The molecule has 2 aromatic rings. The molecule has 1 N–H and O–H groups in total. The fourth-order valence-corrected chi connectivity index (χ4v) is 4.38. The molecule has 0 amide bonds. The van der Waals surface area contributed by atoms with Crippen LogP contribution < -0.4 is 10.9 Å². The highest BCUT2D eigenvalue weighted by atomic mass is 32.1. The third-order valence-corrected chi connectivity index (χ3v) is 5.70. The van der Waals surface area contributed by atoms with Crippen LogP contribution in [0.5, 0.6) is 0 Å². The summed E-state index contributed by atoms with van der Waals surface area (Å²) >= 11 is 5.64. The quantitative estimate of drug-likeness (QED) is 0.860. The van der Waals surface area contributed by atoms with Crippen LogP contribution in [0.4, 0.5) is 0 Å². The molecule has 2 aliphatic rings. The number of piperidine rings is 1. The minimum absolute atomic E-state index is 0.129. The number of rotatable bonds is 3. The molecule has 25 heavy (non-hydrogen) atoms. The van der Waals surface area contributed by atoms with Gasteiger partial charge in [0.25, 0.3) is 5.56 Å². The highest BCUT2D eigenvalue weighted by molar-refractivity contribution is 7.80. The van der Waals surface area contributed by atoms with Gasteiger partial charge in [-0.15, -0.1) is 0 Å². The van der Waals surface area contributed by atoms with Gasteiger partial charge < -0.3 is 14.8 Å². The number of pyridine rings is 1. The van der Waals surface area contributed by atoms with Crippen LogP contribution in [0.1, 0.15) is 23.6 Å². The lowest BCUT2D eigenvalue weighted by Gasteiger charge is -2.43. The van der Waals surface area contributed by atoms with Crippen molar-refractivity contribution in [2.45, 2.75) is 25.3 Å². The maximum Gasteiger partial charge on any atom is 0.250 e. The summed E-state index contributed by atoms with van der Waals surface area (Å²) in [6.45, 7) is 3.50. The zero-order valence-corrected chi connectivity index (χ0v) is 15.0. The van der Waals surface area contributed by atoms with Gasteiger partial charge in [-0.05, 0) is 42.6 Å². The maximum atomic E-state index is 12.1. The molecule has 2 atom stereocenters. The van der Waals surface area contributed by atoms with Crippen molar-refractivity contribution in [2.24, 2.45) is 5.92 Å². The molecular formula is C20H23N3OS. The van der Waals surface area contributed by atoms with Crippen molar-refractivity contribution >= 4 is 17.3 Å². The van der Waals surface area contributed by atoms with E-state index in [1.54, 1.807) is 6.07 Å². The standard InChI is InChI=1S/C20H23N3OS/c24-19-8-4-7-18-17-11-16(13-23(18)19)12-22(14-17)20(25)21-10-9-15-5-2-1-3-6-15/h1-8,16-17H,9-14H2,(H,21,25)/t16-,17-/m0/s1. The number of likely N-dealkylation sites (tertiary alicyclic amines) is 1. The molecule has 4 rings (SSSR count). The number of fused-ring (bicyclic) bond motifs is 4. The van der Waals surface area contributed by atoms with Crippen molar-refractivity contribution in [1.29, 1.82) is 0 Å². The van der Waals surface area contributed by atoms with Gasteiger partial charge in [0.05, 0.1) is 0 Å².